The van der Waals surface area contributed by atoms with Gasteiger partial charge in [-0.05, 0) is 31.0 Å². The van der Waals surface area contributed by atoms with E-state index in [2.05, 4.69) is 37.4 Å². The van der Waals surface area contributed by atoms with Crippen molar-refractivity contribution in [2.45, 2.75) is 20.3 Å². The number of aryl methyl sites for hydroxylation is 2. The second kappa shape index (κ2) is 6.65. The highest BCUT2D eigenvalue weighted by molar-refractivity contribution is 7.18. The zero-order valence-electron chi connectivity index (χ0n) is 14.3. The number of hydrogen-bond donors (Lipinski definition) is 1. The molecule has 0 fully saturated rings. The Kier molecular flexibility index (Phi) is 4.20. The Hall–Kier alpha value is -2.72. The zero-order valence-corrected chi connectivity index (χ0v) is 15.1. The second-order valence-corrected chi connectivity index (χ2v) is 7.10. The third kappa shape index (κ3) is 3.13. The molecule has 4 aromatic rings. The molecule has 0 radical (unpaired) electrons. The van der Waals surface area contributed by atoms with Gasteiger partial charge >= 0.3 is 0 Å². The molecule has 124 valence electrons. The van der Waals surface area contributed by atoms with E-state index in [0.29, 0.717) is 0 Å². The fourth-order valence-electron chi connectivity index (χ4n) is 2.80. The van der Waals surface area contributed by atoms with Crippen LogP contribution in [0.5, 0.6) is 0 Å². The largest absolute Gasteiger partial charge is 0.339 e. The summed E-state index contributed by atoms with van der Waals surface area (Å²) in [7, 11) is 0. The summed E-state index contributed by atoms with van der Waals surface area (Å²) in [5.41, 5.74) is 3.30. The minimum Gasteiger partial charge on any atom is -0.339 e. The van der Waals surface area contributed by atoms with Crippen LogP contribution < -0.4 is 5.32 Å². The minimum absolute atomic E-state index is 0.758. The van der Waals surface area contributed by atoms with Crippen LogP contribution in [0, 0.1) is 6.92 Å². The van der Waals surface area contributed by atoms with E-state index in [-0.39, 0.29) is 0 Å². The van der Waals surface area contributed by atoms with Gasteiger partial charge in [0, 0.05) is 16.1 Å². The Morgan fingerprint density at radius 1 is 0.960 bits per heavy atom. The lowest BCUT2D eigenvalue weighted by Crippen LogP contribution is -1.99. The van der Waals surface area contributed by atoms with Crippen molar-refractivity contribution in [3.05, 3.63) is 71.1 Å². The van der Waals surface area contributed by atoms with E-state index in [1.807, 2.05) is 42.5 Å². The summed E-state index contributed by atoms with van der Waals surface area (Å²) in [5, 5.41) is 4.61. The first-order chi connectivity index (χ1) is 12.2. The first-order valence-electron chi connectivity index (χ1n) is 8.43. The van der Waals surface area contributed by atoms with E-state index < -0.39 is 0 Å². The molecule has 3 nitrogen and oxygen atoms in total. The van der Waals surface area contributed by atoms with Crippen LogP contribution in [-0.4, -0.2) is 9.97 Å². The lowest BCUT2D eigenvalue weighted by atomic mass is 10.2. The second-order valence-electron chi connectivity index (χ2n) is 5.99. The number of thiophene rings is 1. The maximum absolute atomic E-state index is 4.84. The average Bonchev–Trinajstić information content (AvgIpc) is 3.08. The highest BCUT2D eigenvalue weighted by atomic mass is 32.1. The molecule has 0 aliphatic rings. The van der Waals surface area contributed by atoms with Gasteiger partial charge in [0.05, 0.1) is 5.39 Å². The first-order valence-corrected chi connectivity index (χ1v) is 9.25. The fourth-order valence-corrected chi connectivity index (χ4v) is 3.77. The summed E-state index contributed by atoms with van der Waals surface area (Å²) in [5.74, 6) is 1.63. The number of aromatic nitrogens is 2. The van der Waals surface area contributed by atoms with Crippen LogP contribution in [0.15, 0.2) is 60.7 Å². The van der Waals surface area contributed by atoms with Crippen molar-refractivity contribution in [1.29, 1.82) is 0 Å². The number of para-hydroxylation sites is 1. The monoisotopic (exact) mass is 345 g/mol. The predicted octanol–water partition coefficient (Wildman–Crippen LogP) is 5.97. The normalized spacial score (nSPS) is 11.0. The van der Waals surface area contributed by atoms with E-state index in [1.165, 1.54) is 10.4 Å². The van der Waals surface area contributed by atoms with Crippen LogP contribution in [0.2, 0.25) is 0 Å². The Balaban J connectivity index is 1.88. The Labute approximate surface area is 151 Å². The minimum atomic E-state index is 0.758. The van der Waals surface area contributed by atoms with Crippen molar-refractivity contribution in [3.63, 3.8) is 0 Å². The van der Waals surface area contributed by atoms with Crippen LogP contribution in [-0.2, 0) is 6.42 Å². The molecule has 0 bridgehead atoms. The SMILES string of the molecule is CCc1cc2c(Nc3ccccc3C)nc(-c3ccccc3)nc2s1. The molecule has 4 rings (SSSR count). The summed E-state index contributed by atoms with van der Waals surface area (Å²) in [4.78, 5) is 12.0. The molecule has 1 N–H and O–H groups in total. The van der Waals surface area contributed by atoms with Gasteiger partial charge in [-0.2, -0.15) is 0 Å². The highest BCUT2D eigenvalue weighted by Gasteiger charge is 2.13. The molecule has 0 saturated carbocycles. The van der Waals surface area contributed by atoms with Gasteiger partial charge in [-0.1, -0.05) is 55.5 Å². The molecule has 0 atom stereocenters. The molecule has 0 aliphatic heterocycles. The lowest BCUT2D eigenvalue weighted by molar-refractivity contribution is 1.19. The molecule has 4 heteroatoms. The summed E-state index contributed by atoms with van der Waals surface area (Å²) >= 11 is 1.74. The van der Waals surface area contributed by atoms with E-state index in [9.17, 15) is 0 Å². The van der Waals surface area contributed by atoms with Crippen molar-refractivity contribution >= 4 is 33.1 Å². The maximum Gasteiger partial charge on any atom is 0.163 e. The van der Waals surface area contributed by atoms with Gasteiger partial charge in [0.25, 0.3) is 0 Å². The Morgan fingerprint density at radius 2 is 1.72 bits per heavy atom. The number of nitrogens with zero attached hydrogens (tertiary/aromatic N) is 2. The number of benzene rings is 2. The standard InChI is InChI=1S/C21H19N3S/c1-3-16-13-17-20(22-18-12-8-7-9-14(18)2)23-19(24-21(17)25-16)15-10-5-4-6-11-15/h4-13H,3H2,1-2H3,(H,22,23,24). The topological polar surface area (TPSA) is 37.8 Å². The van der Waals surface area contributed by atoms with Gasteiger partial charge in [0.2, 0.25) is 0 Å². The number of rotatable bonds is 4. The molecule has 0 unspecified atom stereocenters. The van der Waals surface area contributed by atoms with Gasteiger partial charge in [0.15, 0.2) is 5.82 Å². The van der Waals surface area contributed by atoms with E-state index in [4.69, 9.17) is 9.97 Å². The molecule has 2 aromatic heterocycles. The Morgan fingerprint density at radius 3 is 2.48 bits per heavy atom. The molecular weight excluding hydrogens is 326 g/mol. The maximum atomic E-state index is 4.84. The third-order valence-electron chi connectivity index (χ3n) is 4.22. The highest BCUT2D eigenvalue weighted by Crippen LogP contribution is 2.33. The smallest absolute Gasteiger partial charge is 0.163 e. The number of nitrogens with one attached hydrogen (secondary N) is 1. The molecule has 0 aliphatic carbocycles. The van der Waals surface area contributed by atoms with Gasteiger partial charge in [-0.25, -0.2) is 9.97 Å². The number of hydrogen-bond acceptors (Lipinski definition) is 4. The van der Waals surface area contributed by atoms with Crippen LogP contribution in [0.25, 0.3) is 21.6 Å². The van der Waals surface area contributed by atoms with Crippen LogP contribution in [0.3, 0.4) is 0 Å². The van der Waals surface area contributed by atoms with E-state index >= 15 is 0 Å². The molecule has 2 aromatic carbocycles. The predicted molar refractivity (Wildman–Crippen MR) is 107 cm³/mol. The van der Waals surface area contributed by atoms with Gasteiger partial charge in [-0.3, -0.25) is 0 Å². The molecule has 0 spiro atoms. The first kappa shape index (κ1) is 15.8. The summed E-state index contributed by atoms with van der Waals surface area (Å²) < 4.78 is 0. The van der Waals surface area contributed by atoms with Crippen LogP contribution >= 0.6 is 11.3 Å². The summed E-state index contributed by atoms with van der Waals surface area (Å²) in [6.45, 7) is 4.27. The number of anilines is 2. The van der Waals surface area contributed by atoms with E-state index in [1.54, 1.807) is 11.3 Å². The van der Waals surface area contributed by atoms with Crippen molar-refractivity contribution in [2.24, 2.45) is 0 Å². The van der Waals surface area contributed by atoms with Crippen molar-refractivity contribution < 1.29 is 0 Å². The zero-order chi connectivity index (χ0) is 17.2. The van der Waals surface area contributed by atoms with Crippen LogP contribution in [0.4, 0.5) is 11.5 Å². The van der Waals surface area contributed by atoms with Crippen molar-refractivity contribution in [3.8, 4) is 11.4 Å². The summed E-state index contributed by atoms with van der Waals surface area (Å²) in [6, 6.07) is 20.6. The quantitative estimate of drug-likeness (QED) is 0.495. The molecule has 25 heavy (non-hydrogen) atoms. The Bertz CT molecular complexity index is 1020. The fraction of sp³-hybridized carbons (Fsp3) is 0.143. The van der Waals surface area contributed by atoms with Crippen molar-refractivity contribution in [1.82, 2.24) is 9.97 Å². The molecule has 0 saturated heterocycles. The lowest BCUT2D eigenvalue weighted by Gasteiger charge is -2.11. The average molecular weight is 345 g/mol. The summed E-state index contributed by atoms with van der Waals surface area (Å²) in [6.07, 6.45) is 1.01. The third-order valence-corrected chi connectivity index (χ3v) is 5.40. The van der Waals surface area contributed by atoms with Gasteiger partial charge in [0.1, 0.15) is 10.6 Å². The van der Waals surface area contributed by atoms with Crippen molar-refractivity contribution in [2.75, 3.05) is 5.32 Å². The molecule has 2 heterocycles. The van der Waals surface area contributed by atoms with Gasteiger partial charge < -0.3 is 5.32 Å². The number of fused-ring (bicyclic) bond motifs is 1. The van der Waals surface area contributed by atoms with Crippen LogP contribution in [0.1, 0.15) is 17.4 Å². The molecule has 0 amide bonds. The van der Waals surface area contributed by atoms with Gasteiger partial charge in [-0.15, -0.1) is 11.3 Å². The van der Waals surface area contributed by atoms with E-state index in [0.717, 1.165) is 39.5 Å². The molecular formula is C21H19N3S.